The summed E-state index contributed by atoms with van der Waals surface area (Å²) < 4.78 is 36.6. The topological polar surface area (TPSA) is 54.5 Å². The summed E-state index contributed by atoms with van der Waals surface area (Å²) in [5.41, 5.74) is -0.178. The molecule has 1 aliphatic carbocycles. The van der Waals surface area contributed by atoms with Crippen molar-refractivity contribution in [1.29, 1.82) is 0 Å². The number of carbonyl (C=O) groups excluding carboxylic acids is 1. The van der Waals surface area contributed by atoms with E-state index in [2.05, 4.69) is 0 Å². The van der Waals surface area contributed by atoms with Crippen molar-refractivity contribution >= 4 is 25.6 Å². The molecule has 0 saturated heterocycles. The highest BCUT2D eigenvalue weighted by Crippen LogP contribution is 2.29. The molecule has 0 atom stereocenters. The van der Waals surface area contributed by atoms with E-state index in [0.29, 0.717) is 0 Å². The van der Waals surface area contributed by atoms with Gasteiger partial charge < -0.3 is 4.90 Å². The van der Waals surface area contributed by atoms with Crippen LogP contribution >= 0.6 is 10.7 Å². The van der Waals surface area contributed by atoms with Crippen molar-refractivity contribution in [3.8, 4) is 0 Å². The zero-order valence-electron chi connectivity index (χ0n) is 10.5. The smallest absolute Gasteiger partial charge is 0.261 e. The first kappa shape index (κ1) is 14.3. The molecule has 0 N–H and O–H groups in total. The number of amides is 1. The molecule has 2 rings (SSSR count). The Labute approximate surface area is 115 Å². The number of carbonyl (C=O) groups is 1. The molecule has 1 aliphatic rings. The van der Waals surface area contributed by atoms with E-state index in [1.165, 1.54) is 11.8 Å². The number of nitrogens with zero attached hydrogens (tertiary/aromatic N) is 1. The fraction of sp³-hybridized carbons (Fsp3) is 0.417. The van der Waals surface area contributed by atoms with Gasteiger partial charge in [0.2, 0.25) is 0 Å². The first-order valence-corrected chi connectivity index (χ1v) is 8.04. The van der Waals surface area contributed by atoms with Gasteiger partial charge in [0.15, 0.2) is 0 Å². The second-order valence-corrected chi connectivity index (χ2v) is 7.25. The van der Waals surface area contributed by atoms with Gasteiger partial charge in [-0.2, -0.15) is 0 Å². The van der Waals surface area contributed by atoms with E-state index in [1.807, 2.05) is 0 Å². The van der Waals surface area contributed by atoms with Gasteiger partial charge in [0, 0.05) is 23.8 Å². The van der Waals surface area contributed by atoms with Crippen LogP contribution in [0.1, 0.15) is 28.8 Å². The molecule has 1 saturated carbocycles. The quantitative estimate of drug-likeness (QED) is 0.805. The van der Waals surface area contributed by atoms with Crippen molar-refractivity contribution in [2.45, 2.75) is 30.7 Å². The maximum Gasteiger partial charge on any atom is 0.261 e. The average Bonchev–Trinajstić information content (AvgIpc) is 3.13. The lowest BCUT2D eigenvalue weighted by Gasteiger charge is -2.17. The second kappa shape index (κ2) is 4.76. The highest BCUT2D eigenvalue weighted by molar-refractivity contribution is 8.13. The summed E-state index contributed by atoms with van der Waals surface area (Å²) in [6, 6.07) is 2.22. The largest absolute Gasteiger partial charge is 0.339 e. The van der Waals surface area contributed by atoms with Crippen LogP contribution in [-0.2, 0) is 9.05 Å². The van der Waals surface area contributed by atoms with Gasteiger partial charge in [-0.1, -0.05) is 0 Å². The van der Waals surface area contributed by atoms with E-state index in [0.717, 1.165) is 25.0 Å². The van der Waals surface area contributed by atoms with Crippen molar-refractivity contribution < 1.29 is 17.6 Å². The number of hydrogen-bond acceptors (Lipinski definition) is 3. The molecule has 1 aromatic carbocycles. The van der Waals surface area contributed by atoms with Gasteiger partial charge in [-0.3, -0.25) is 4.79 Å². The van der Waals surface area contributed by atoms with Crippen LogP contribution in [0.25, 0.3) is 0 Å². The third-order valence-electron chi connectivity index (χ3n) is 3.15. The lowest BCUT2D eigenvalue weighted by Crippen LogP contribution is -2.29. The van der Waals surface area contributed by atoms with Crippen LogP contribution in [0.2, 0.25) is 0 Å². The Kier molecular flexibility index (Phi) is 3.57. The molecule has 19 heavy (non-hydrogen) atoms. The fourth-order valence-electron chi connectivity index (χ4n) is 1.85. The van der Waals surface area contributed by atoms with Crippen LogP contribution in [0.3, 0.4) is 0 Å². The summed E-state index contributed by atoms with van der Waals surface area (Å²) >= 11 is 0. The minimum absolute atomic E-state index is 0.0780. The van der Waals surface area contributed by atoms with E-state index in [1.54, 1.807) is 7.05 Å². The summed E-state index contributed by atoms with van der Waals surface area (Å²) in [7, 11) is 2.83. The minimum Gasteiger partial charge on any atom is -0.339 e. The average molecular weight is 306 g/mol. The third kappa shape index (κ3) is 2.90. The molecular formula is C12H13ClFNO3S. The van der Waals surface area contributed by atoms with Gasteiger partial charge in [-0.15, -0.1) is 0 Å². The highest BCUT2D eigenvalue weighted by atomic mass is 35.7. The number of hydrogen-bond donors (Lipinski definition) is 0. The molecule has 4 nitrogen and oxygen atoms in total. The van der Waals surface area contributed by atoms with Gasteiger partial charge >= 0.3 is 0 Å². The lowest BCUT2D eigenvalue weighted by atomic mass is 10.1. The Morgan fingerprint density at radius 1 is 1.42 bits per heavy atom. The van der Waals surface area contributed by atoms with Gasteiger partial charge in [0.05, 0.1) is 10.5 Å². The standard InChI is InChI=1S/C12H13ClFNO3S/c1-7-5-9(19(13,17)18)6-10(11(7)14)12(16)15(2)8-3-4-8/h5-6,8H,3-4H2,1-2H3. The van der Waals surface area contributed by atoms with E-state index in [4.69, 9.17) is 10.7 Å². The van der Waals surface area contributed by atoms with Crippen molar-refractivity contribution in [1.82, 2.24) is 4.90 Å². The van der Waals surface area contributed by atoms with Crippen molar-refractivity contribution in [3.05, 3.63) is 29.1 Å². The molecule has 1 amide bonds. The van der Waals surface area contributed by atoms with Crippen molar-refractivity contribution in [2.75, 3.05) is 7.05 Å². The first-order chi connectivity index (χ1) is 8.71. The van der Waals surface area contributed by atoms with Gasteiger partial charge in [0.1, 0.15) is 5.82 Å². The molecule has 0 aromatic heterocycles. The number of halogens is 2. The Balaban J connectivity index is 2.49. The predicted octanol–water partition coefficient (Wildman–Crippen LogP) is 2.30. The Morgan fingerprint density at radius 2 is 2.00 bits per heavy atom. The molecule has 104 valence electrons. The minimum atomic E-state index is -3.99. The van der Waals surface area contributed by atoms with Crippen LogP contribution in [0.4, 0.5) is 4.39 Å². The van der Waals surface area contributed by atoms with E-state index in [-0.39, 0.29) is 22.1 Å². The summed E-state index contributed by atoms with van der Waals surface area (Å²) in [6.07, 6.45) is 1.77. The number of rotatable bonds is 3. The van der Waals surface area contributed by atoms with Crippen molar-refractivity contribution in [3.63, 3.8) is 0 Å². The van der Waals surface area contributed by atoms with Crippen LogP contribution in [0.15, 0.2) is 17.0 Å². The maximum atomic E-state index is 14.0. The molecule has 1 aromatic rings. The van der Waals surface area contributed by atoms with Crippen LogP contribution in [0, 0.1) is 12.7 Å². The molecule has 0 unspecified atom stereocenters. The molecule has 1 fully saturated rings. The Bertz CT molecular complexity index is 641. The van der Waals surface area contributed by atoms with E-state index >= 15 is 0 Å². The summed E-state index contributed by atoms with van der Waals surface area (Å²) in [5.74, 6) is -1.23. The first-order valence-electron chi connectivity index (χ1n) is 5.74. The molecule has 0 aliphatic heterocycles. The van der Waals surface area contributed by atoms with Crippen LogP contribution in [-0.4, -0.2) is 32.3 Å². The normalized spacial score (nSPS) is 15.4. The summed E-state index contributed by atoms with van der Waals surface area (Å²) in [5, 5.41) is 0. The molecule has 7 heteroatoms. The fourth-order valence-corrected chi connectivity index (χ4v) is 2.69. The van der Waals surface area contributed by atoms with Gasteiger partial charge in [-0.05, 0) is 37.5 Å². The third-order valence-corrected chi connectivity index (χ3v) is 4.49. The lowest BCUT2D eigenvalue weighted by molar-refractivity contribution is 0.0780. The zero-order valence-corrected chi connectivity index (χ0v) is 12.1. The number of aryl methyl sites for hydroxylation is 1. The molecule has 0 spiro atoms. The molecule has 0 heterocycles. The summed E-state index contributed by atoms with van der Waals surface area (Å²) in [4.78, 5) is 13.3. The Morgan fingerprint density at radius 3 is 2.47 bits per heavy atom. The van der Waals surface area contributed by atoms with E-state index < -0.39 is 20.8 Å². The molecule has 0 bridgehead atoms. The molecule has 0 radical (unpaired) electrons. The zero-order chi connectivity index (χ0) is 14.4. The maximum absolute atomic E-state index is 14.0. The molecular weight excluding hydrogens is 293 g/mol. The SMILES string of the molecule is Cc1cc(S(=O)(=O)Cl)cc(C(=O)N(C)C2CC2)c1F. The van der Waals surface area contributed by atoms with Crippen molar-refractivity contribution in [2.24, 2.45) is 0 Å². The van der Waals surface area contributed by atoms with Gasteiger partial charge in [0.25, 0.3) is 15.0 Å². The predicted molar refractivity (Wildman–Crippen MR) is 69.3 cm³/mol. The summed E-state index contributed by atoms with van der Waals surface area (Å²) in [6.45, 7) is 1.40. The number of benzene rings is 1. The second-order valence-electron chi connectivity index (χ2n) is 4.69. The van der Waals surface area contributed by atoms with Gasteiger partial charge in [-0.25, -0.2) is 12.8 Å². The van der Waals surface area contributed by atoms with Crippen LogP contribution < -0.4 is 0 Å². The highest BCUT2D eigenvalue weighted by Gasteiger charge is 2.32. The van der Waals surface area contributed by atoms with Crippen LogP contribution in [0.5, 0.6) is 0 Å². The Hall–Kier alpha value is -1.14. The van der Waals surface area contributed by atoms with E-state index in [9.17, 15) is 17.6 Å². The monoisotopic (exact) mass is 305 g/mol.